The topological polar surface area (TPSA) is 35.2 Å². The summed E-state index contributed by atoms with van der Waals surface area (Å²) in [6, 6.07) is 19.3. The highest BCUT2D eigenvalue weighted by molar-refractivity contribution is 5.31. The highest BCUT2D eigenvalue weighted by Crippen LogP contribution is 2.30. The highest BCUT2D eigenvalue weighted by atomic mass is 16.5. The molecule has 0 saturated heterocycles. The minimum atomic E-state index is 0.167. The number of hydrogen-bond acceptors (Lipinski definition) is 2. The van der Waals surface area contributed by atoms with E-state index in [4.69, 9.17) is 10.5 Å². The first-order valence-corrected chi connectivity index (χ1v) is 7.82. The molecular weight excluding hydrogens is 258 g/mol. The summed E-state index contributed by atoms with van der Waals surface area (Å²) in [4.78, 5) is 0. The summed E-state index contributed by atoms with van der Waals surface area (Å²) in [5.74, 6) is 0. The standard InChI is InChI=1S/C19H23NO/c20-17(11-10-15-6-2-1-3-7-15)14-19-18-9-5-4-8-16(18)12-13-21-19/h1-9,17,19H,10-14,20H2. The van der Waals surface area contributed by atoms with E-state index in [0.29, 0.717) is 0 Å². The van der Waals surface area contributed by atoms with Crippen molar-refractivity contribution in [3.05, 3.63) is 71.3 Å². The van der Waals surface area contributed by atoms with Gasteiger partial charge in [-0.1, -0.05) is 54.6 Å². The van der Waals surface area contributed by atoms with Crippen LogP contribution in [0.15, 0.2) is 54.6 Å². The normalized spacial score (nSPS) is 19.0. The van der Waals surface area contributed by atoms with Crippen molar-refractivity contribution in [1.82, 2.24) is 0 Å². The van der Waals surface area contributed by atoms with E-state index in [0.717, 1.165) is 32.3 Å². The van der Waals surface area contributed by atoms with E-state index in [1.165, 1.54) is 16.7 Å². The van der Waals surface area contributed by atoms with E-state index in [1.54, 1.807) is 0 Å². The third-order valence-electron chi connectivity index (χ3n) is 4.26. The molecule has 2 aromatic carbocycles. The molecule has 2 atom stereocenters. The molecule has 1 heterocycles. The fourth-order valence-corrected chi connectivity index (χ4v) is 3.06. The van der Waals surface area contributed by atoms with Crippen molar-refractivity contribution in [3.8, 4) is 0 Å². The van der Waals surface area contributed by atoms with Crippen molar-refractivity contribution >= 4 is 0 Å². The molecule has 0 aromatic heterocycles. The van der Waals surface area contributed by atoms with Crippen molar-refractivity contribution in [3.63, 3.8) is 0 Å². The van der Waals surface area contributed by atoms with Crippen molar-refractivity contribution in [2.45, 2.75) is 37.8 Å². The van der Waals surface area contributed by atoms with Crippen molar-refractivity contribution in [2.75, 3.05) is 6.61 Å². The highest BCUT2D eigenvalue weighted by Gasteiger charge is 2.22. The number of rotatable bonds is 5. The number of nitrogens with two attached hydrogens (primary N) is 1. The van der Waals surface area contributed by atoms with Gasteiger partial charge in [0.2, 0.25) is 0 Å². The molecule has 0 radical (unpaired) electrons. The van der Waals surface area contributed by atoms with Crippen LogP contribution in [0, 0.1) is 0 Å². The quantitative estimate of drug-likeness (QED) is 0.908. The summed E-state index contributed by atoms with van der Waals surface area (Å²) in [6.45, 7) is 0.813. The zero-order chi connectivity index (χ0) is 14.5. The molecule has 0 bridgehead atoms. The number of benzene rings is 2. The largest absolute Gasteiger partial charge is 0.373 e. The summed E-state index contributed by atoms with van der Waals surface area (Å²) in [5, 5.41) is 0. The van der Waals surface area contributed by atoms with Crippen LogP contribution < -0.4 is 5.73 Å². The molecule has 0 amide bonds. The molecule has 1 aliphatic rings. The first kappa shape index (κ1) is 14.3. The Morgan fingerprint density at radius 3 is 2.67 bits per heavy atom. The third kappa shape index (κ3) is 3.72. The lowest BCUT2D eigenvalue weighted by molar-refractivity contribution is 0.0316. The van der Waals surface area contributed by atoms with Crippen molar-refractivity contribution in [1.29, 1.82) is 0 Å². The Labute approximate surface area is 126 Å². The van der Waals surface area contributed by atoms with Gasteiger partial charge in [0.05, 0.1) is 12.7 Å². The van der Waals surface area contributed by atoms with E-state index in [-0.39, 0.29) is 12.1 Å². The predicted molar refractivity (Wildman–Crippen MR) is 86.2 cm³/mol. The molecule has 21 heavy (non-hydrogen) atoms. The molecule has 0 aliphatic carbocycles. The Kier molecular flexibility index (Phi) is 4.69. The van der Waals surface area contributed by atoms with Gasteiger partial charge in [0, 0.05) is 6.04 Å². The zero-order valence-corrected chi connectivity index (χ0v) is 12.4. The minimum absolute atomic E-state index is 0.167. The number of aryl methyl sites for hydroxylation is 1. The molecule has 0 spiro atoms. The first-order valence-electron chi connectivity index (χ1n) is 7.82. The Bertz CT molecular complexity index is 567. The van der Waals surface area contributed by atoms with Crippen molar-refractivity contribution in [2.24, 2.45) is 5.73 Å². The molecular formula is C19H23NO. The lowest BCUT2D eigenvalue weighted by atomic mass is 9.92. The average Bonchev–Trinajstić information content (AvgIpc) is 2.54. The third-order valence-corrected chi connectivity index (χ3v) is 4.26. The van der Waals surface area contributed by atoms with Crippen LogP contribution in [0.5, 0.6) is 0 Å². The van der Waals surface area contributed by atoms with E-state index < -0.39 is 0 Å². The molecule has 2 nitrogen and oxygen atoms in total. The van der Waals surface area contributed by atoms with Crippen LogP contribution in [0.4, 0.5) is 0 Å². The van der Waals surface area contributed by atoms with Crippen LogP contribution in [0.25, 0.3) is 0 Å². The number of hydrogen-bond donors (Lipinski definition) is 1. The van der Waals surface area contributed by atoms with Gasteiger partial charge in [0.25, 0.3) is 0 Å². The maximum absolute atomic E-state index is 6.33. The van der Waals surface area contributed by atoms with Crippen LogP contribution in [0.3, 0.4) is 0 Å². The number of fused-ring (bicyclic) bond motifs is 1. The lowest BCUT2D eigenvalue weighted by Crippen LogP contribution is -2.27. The average molecular weight is 281 g/mol. The molecule has 2 heteroatoms. The van der Waals surface area contributed by atoms with E-state index >= 15 is 0 Å². The zero-order valence-electron chi connectivity index (χ0n) is 12.4. The Morgan fingerprint density at radius 1 is 1.05 bits per heavy atom. The van der Waals surface area contributed by atoms with Gasteiger partial charge < -0.3 is 10.5 Å². The Morgan fingerprint density at radius 2 is 1.81 bits per heavy atom. The van der Waals surface area contributed by atoms with Gasteiger partial charge in [-0.25, -0.2) is 0 Å². The molecule has 3 rings (SSSR count). The molecule has 2 N–H and O–H groups in total. The van der Waals surface area contributed by atoms with Gasteiger partial charge in [-0.15, -0.1) is 0 Å². The molecule has 110 valence electrons. The van der Waals surface area contributed by atoms with Crippen LogP contribution in [-0.4, -0.2) is 12.6 Å². The summed E-state index contributed by atoms with van der Waals surface area (Å²) in [7, 11) is 0. The van der Waals surface area contributed by atoms with Crippen molar-refractivity contribution < 1.29 is 4.74 Å². The SMILES string of the molecule is NC(CCc1ccccc1)CC1OCCc2ccccc21. The molecule has 1 aliphatic heterocycles. The maximum Gasteiger partial charge on any atom is 0.0842 e. The van der Waals surface area contributed by atoms with Gasteiger partial charge in [-0.05, 0) is 42.4 Å². The van der Waals surface area contributed by atoms with Crippen LogP contribution in [0.1, 0.15) is 35.6 Å². The van der Waals surface area contributed by atoms with Gasteiger partial charge in [-0.2, -0.15) is 0 Å². The van der Waals surface area contributed by atoms with E-state index in [2.05, 4.69) is 54.6 Å². The van der Waals surface area contributed by atoms with Gasteiger partial charge in [0.15, 0.2) is 0 Å². The van der Waals surface area contributed by atoms with Crippen LogP contribution >= 0.6 is 0 Å². The summed E-state index contributed by atoms with van der Waals surface area (Å²) >= 11 is 0. The second-order valence-corrected chi connectivity index (χ2v) is 5.83. The fraction of sp³-hybridized carbons (Fsp3) is 0.368. The summed E-state index contributed by atoms with van der Waals surface area (Å²) < 4.78 is 5.95. The Hall–Kier alpha value is -1.64. The second-order valence-electron chi connectivity index (χ2n) is 5.83. The van der Waals surface area contributed by atoms with Gasteiger partial charge in [0.1, 0.15) is 0 Å². The predicted octanol–water partition coefficient (Wildman–Crippen LogP) is 3.65. The molecule has 0 saturated carbocycles. The minimum Gasteiger partial charge on any atom is -0.373 e. The maximum atomic E-state index is 6.33. The Balaban J connectivity index is 1.57. The number of ether oxygens (including phenoxy) is 1. The molecule has 2 aromatic rings. The first-order chi connectivity index (χ1) is 10.3. The van der Waals surface area contributed by atoms with E-state index in [1.807, 2.05) is 0 Å². The van der Waals surface area contributed by atoms with Gasteiger partial charge >= 0.3 is 0 Å². The fourth-order valence-electron chi connectivity index (χ4n) is 3.06. The summed E-state index contributed by atoms with van der Waals surface area (Å²) in [5.41, 5.74) is 10.4. The van der Waals surface area contributed by atoms with Gasteiger partial charge in [-0.3, -0.25) is 0 Å². The monoisotopic (exact) mass is 281 g/mol. The lowest BCUT2D eigenvalue weighted by Gasteiger charge is -2.28. The van der Waals surface area contributed by atoms with Crippen LogP contribution in [0.2, 0.25) is 0 Å². The smallest absolute Gasteiger partial charge is 0.0842 e. The molecule has 0 fully saturated rings. The van der Waals surface area contributed by atoms with E-state index in [9.17, 15) is 0 Å². The van der Waals surface area contributed by atoms with Crippen LogP contribution in [-0.2, 0) is 17.6 Å². The molecule has 2 unspecified atom stereocenters. The second kappa shape index (κ2) is 6.88. The summed E-state index contributed by atoms with van der Waals surface area (Å²) in [6.07, 6.45) is 4.14.